The van der Waals surface area contributed by atoms with Gasteiger partial charge in [0.1, 0.15) is 0 Å². The molecule has 0 bridgehead atoms. The van der Waals surface area contributed by atoms with Crippen LogP contribution in [0.25, 0.3) is 5.70 Å². The Hall–Kier alpha value is -1.47. The molecule has 72 valence electrons. The van der Waals surface area contributed by atoms with Crippen LogP contribution >= 0.6 is 11.6 Å². The van der Waals surface area contributed by atoms with Crippen molar-refractivity contribution in [1.29, 1.82) is 0 Å². The monoisotopic (exact) mass is 205 g/mol. The molecular formula is C12H12ClN. The van der Waals surface area contributed by atoms with Gasteiger partial charge in [-0.1, -0.05) is 54.6 Å². The Labute approximate surface area is 89.2 Å². The maximum absolute atomic E-state index is 5.86. The second kappa shape index (κ2) is 5.30. The molecule has 1 nitrogen and oxygen atoms in total. The molecule has 0 fully saturated rings. The van der Waals surface area contributed by atoms with Crippen LogP contribution in [0.3, 0.4) is 0 Å². The first-order valence-electron chi connectivity index (χ1n) is 4.25. The van der Waals surface area contributed by atoms with E-state index in [2.05, 4.69) is 6.58 Å². The maximum Gasteiger partial charge on any atom is 0.0426 e. The number of halogens is 1. The van der Waals surface area contributed by atoms with Gasteiger partial charge in [0.2, 0.25) is 0 Å². The Bertz CT molecular complexity index is 363. The highest BCUT2D eigenvalue weighted by molar-refractivity contribution is 6.31. The van der Waals surface area contributed by atoms with Crippen molar-refractivity contribution >= 4 is 17.3 Å². The molecule has 0 saturated carbocycles. The molecule has 0 heterocycles. The molecule has 14 heavy (non-hydrogen) atoms. The zero-order valence-corrected chi connectivity index (χ0v) is 8.54. The van der Waals surface area contributed by atoms with E-state index in [1.807, 2.05) is 30.3 Å². The highest BCUT2D eigenvalue weighted by Crippen LogP contribution is 2.13. The summed E-state index contributed by atoms with van der Waals surface area (Å²) in [6.45, 7) is 3.55. The zero-order valence-electron chi connectivity index (χ0n) is 7.78. The van der Waals surface area contributed by atoms with Crippen LogP contribution in [-0.2, 0) is 0 Å². The zero-order chi connectivity index (χ0) is 10.4. The number of rotatable bonds is 3. The van der Waals surface area contributed by atoms with E-state index in [1.54, 1.807) is 18.2 Å². The lowest BCUT2D eigenvalue weighted by Gasteiger charge is -1.99. The van der Waals surface area contributed by atoms with Crippen LogP contribution in [-0.4, -0.2) is 0 Å². The normalized spacial score (nSPS) is 12.6. The summed E-state index contributed by atoms with van der Waals surface area (Å²) in [5.41, 5.74) is 7.44. The minimum absolute atomic E-state index is 0.571. The summed E-state index contributed by atoms with van der Waals surface area (Å²) >= 11 is 5.86. The Morgan fingerprint density at radius 3 is 2.50 bits per heavy atom. The number of nitrogens with two attached hydrogens (primary N) is 1. The molecule has 2 heteroatoms. The van der Waals surface area contributed by atoms with Crippen LogP contribution in [0, 0.1) is 0 Å². The second-order valence-corrected chi connectivity index (χ2v) is 3.19. The van der Waals surface area contributed by atoms with Crippen LogP contribution in [0.1, 0.15) is 5.56 Å². The van der Waals surface area contributed by atoms with Gasteiger partial charge in [-0.25, -0.2) is 0 Å². The third-order valence-electron chi connectivity index (χ3n) is 1.68. The van der Waals surface area contributed by atoms with Crippen LogP contribution in [0.4, 0.5) is 0 Å². The highest BCUT2D eigenvalue weighted by Gasteiger charge is 1.94. The minimum atomic E-state index is 0.571. The van der Waals surface area contributed by atoms with E-state index in [-0.39, 0.29) is 0 Å². The fourth-order valence-electron chi connectivity index (χ4n) is 1.02. The van der Waals surface area contributed by atoms with Gasteiger partial charge < -0.3 is 5.73 Å². The van der Waals surface area contributed by atoms with E-state index in [9.17, 15) is 0 Å². The first kappa shape index (κ1) is 10.6. The largest absolute Gasteiger partial charge is 0.398 e. The molecule has 0 aliphatic heterocycles. The van der Waals surface area contributed by atoms with E-state index < -0.39 is 0 Å². The first-order valence-corrected chi connectivity index (χ1v) is 4.62. The molecule has 2 N–H and O–H groups in total. The van der Waals surface area contributed by atoms with Crippen molar-refractivity contribution in [3.8, 4) is 0 Å². The van der Waals surface area contributed by atoms with E-state index in [1.165, 1.54) is 0 Å². The van der Waals surface area contributed by atoms with E-state index in [0.29, 0.717) is 10.7 Å². The number of hydrogen-bond acceptors (Lipinski definition) is 1. The summed E-state index contributed by atoms with van der Waals surface area (Å²) < 4.78 is 0. The fraction of sp³-hybridized carbons (Fsp3) is 0. The second-order valence-electron chi connectivity index (χ2n) is 2.75. The average Bonchev–Trinajstić information content (AvgIpc) is 2.19. The standard InChI is InChI=1S/C12H12ClN/c1-2-6-11(13)9-12(14)10-7-4-3-5-8-10/h2-9H,1,14H2/b11-6+,12-9-. The van der Waals surface area contributed by atoms with Crippen molar-refractivity contribution in [3.05, 3.63) is 65.7 Å². The summed E-state index contributed by atoms with van der Waals surface area (Å²) in [7, 11) is 0. The first-order chi connectivity index (χ1) is 6.74. The summed E-state index contributed by atoms with van der Waals surface area (Å²) in [4.78, 5) is 0. The van der Waals surface area contributed by atoms with Gasteiger partial charge in [0, 0.05) is 10.7 Å². The number of allylic oxidation sites excluding steroid dienone is 4. The summed E-state index contributed by atoms with van der Waals surface area (Å²) in [5.74, 6) is 0. The summed E-state index contributed by atoms with van der Waals surface area (Å²) in [6.07, 6.45) is 5.02. The molecule has 0 spiro atoms. The minimum Gasteiger partial charge on any atom is -0.398 e. The van der Waals surface area contributed by atoms with E-state index in [0.717, 1.165) is 5.56 Å². The van der Waals surface area contributed by atoms with E-state index in [4.69, 9.17) is 17.3 Å². The predicted molar refractivity (Wildman–Crippen MR) is 62.7 cm³/mol. The Balaban J connectivity index is 2.90. The van der Waals surface area contributed by atoms with Gasteiger partial charge in [0.05, 0.1) is 0 Å². The van der Waals surface area contributed by atoms with Crippen molar-refractivity contribution in [2.75, 3.05) is 0 Å². The van der Waals surface area contributed by atoms with Crippen molar-refractivity contribution in [3.63, 3.8) is 0 Å². The lowest BCUT2D eigenvalue weighted by atomic mass is 10.1. The Morgan fingerprint density at radius 2 is 1.93 bits per heavy atom. The SMILES string of the molecule is C=C/C=C(Cl)\C=C(/N)c1ccccc1. The van der Waals surface area contributed by atoms with Crippen LogP contribution in [0.5, 0.6) is 0 Å². The van der Waals surface area contributed by atoms with Crippen molar-refractivity contribution in [1.82, 2.24) is 0 Å². The average molecular weight is 206 g/mol. The third-order valence-corrected chi connectivity index (χ3v) is 1.91. The predicted octanol–water partition coefficient (Wildman–Crippen LogP) is 3.29. The lowest BCUT2D eigenvalue weighted by molar-refractivity contribution is 1.51. The van der Waals surface area contributed by atoms with Gasteiger partial charge in [-0.3, -0.25) is 0 Å². The number of hydrogen-bond donors (Lipinski definition) is 1. The molecule has 1 rings (SSSR count). The quantitative estimate of drug-likeness (QED) is 0.753. The van der Waals surface area contributed by atoms with Gasteiger partial charge in [-0.05, 0) is 17.7 Å². The van der Waals surface area contributed by atoms with Crippen molar-refractivity contribution in [2.45, 2.75) is 0 Å². The molecule has 0 amide bonds. The molecule has 1 aromatic rings. The van der Waals surface area contributed by atoms with Gasteiger partial charge in [0.15, 0.2) is 0 Å². The van der Waals surface area contributed by atoms with Crippen molar-refractivity contribution in [2.24, 2.45) is 5.73 Å². The molecule has 0 radical (unpaired) electrons. The van der Waals surface area contributed by atoms with Gasteiger partial charge in [-0.2, -0.15) is 0 Å². The van der Waals surface area contributed by atoms with Gasteiger partial charge in [0.25, 0.3) is 0 Å². The fourth-order valence-corrected chi connectivity index (χ4v) is 1.23. The Morgan fingerprint density at radius 1 is 1.29 bits per heavy atom. The smallest absolute Gasteiger partial charge is 0.0426 e. The summed E-state index contributed by atoms with van der Waals surface area (Å²) in [5, 5.41) is 0.571. The highest BCUT2D eigenvalue weighted by atomic mass is 35.5. The molecule has 0 saturated heterocycles. The molecule has 0 aliphatic carbocycles. The Kier molecular flexibility index (Phi) is 4.02. The van der Waals surface area contributed by atoms with E-state index >= 15 is 0 Å². The molecule has 1 aromatic carbocycles. The number of benzene rings is 1. The van der Waals surface area contributed by atoms with Gasteiger partial charge >= 0.3 is 0 Å². The molecule has 0 aromatic heterocycles. The maximum atomic E-state index is 5.86. The third kappa shape index (κ3) is 3.11. The molecule has 0 atom stereocenters. The van der Waals surface area contributed by atoms with Crippen molar-refractivity contribution < 1.29 is 0 Å². The molecular weight excluding hydrogens is 194 g/mol. The van der Waals surface area contributed by atoms with Crippen LogP contribution in [0.2, 0.25) is 0 Å². The van der Waals surface area contributed by atoms with Crippen LogP contribution < -0.4 is 5.73 Å². The lowest BCUT2D eigenvalue weighted by Crippen LogP contribution is -1.95. The molecule has 0 aliphatic rings. The van der Waals surface area contributed by atoms with Crippen LogP contribution in [0.15, 0.2) is 60.2 Å². The molecule has 0 unspecified atom stereocenters. The topological polar surface area (TPSA) is 26.0 Å². The summed E-state index contributed by atoms with van der Waals surface area (Å²) in [6, 6.07) is 9.67. The van der Waals surface area contributed by atoms with Gasteiger partial charge in [-0.15, -0.1) is 0 Å².